The van der Waals surface area contributed by atoms with Crippen molar-refractivity contribution in [1.82, 2.24) is 10.2 Å². The first-order valence-electron chi connectivity index (χ1n) is 5.05. The number of likely N-dealkylation sites (N-methyl/N-ethyl adjacent to an activating group) is 1. The molecule has 0 saturated carbocycles. The Labute approximate surface area is 86.6 Å². The summed E-state index contributed by atoms with van der Waals surface area (Å²) >= 11 is 0. The summed E-state index contributed by atoms with van der Waals surface area (Å²) < 4.78 is 4.53. The highest BCUT2D eigenvalue weighted by Gasteiger charge is 2.02. The molecule has 0 heterocycles. The monoisotopic (exact) mass is 202 g/mol. The van der Waals surface area contributed by atoms with Crippen molar-refractivity contribution < 1.29 is 9.53 Å². The number of nitrogens with zero attached hydrogens (tertiary/aromatic N) is 1. The summed E-state index contributed by atoms with van der Waals surface area (Å²) in [5.74, 6) is -0.158. The van der Waals surface area contributed by atoms with Crippen molar-refractivity contribution in [3.63, 3.8) is 0 Å². The molecular weight excluding hydrogens is 180 g/mol. The van der Waals surface area contributed by atoms with Gasteiger partial charge in [-0.2, -0.15) is 0 Å². The van der Waals surface area contributed by atoms with Crippen molar-refractivity contribution >= 4 is 5.97 Å². The third kappa shape index (κ3) is 6.86. The van der Waals surface area contributed by atoms with Crippen LogP contribution in [0.15, 0.2) is 0 Å². The third-order valence-electron chi connectivity index (χ3n) is 2.26. The Morgan fingerprint density at radius 1 is 1.43 bits per heavy atom. The molecule has 0 aliphatic rings. The quantitative estimate of drug-likeness (QED) is 0.481. The largest absolute Gasteiger partial charge is 0.469 e. The van der Waals surface area contributed by atoms with Crippen molar-refractivity contribution in [3.8, 4) is 0 Å². The second-order valence-electron chi connectivity index (χ2n) is 3.65. The number of methoxy groups -OCH3 is 1. The van der Waals surface area contributed by atoms with E-state index in [1.807, 2.05) is 0 Å². The van der Waals surface area contributed by atoms with Gasteiger partial charge in [0.05, 0.1) is 13.5 Å². The van der Waals surface area contributed by atoms with Crippen LogP contribution in [0.1, 0.15) is 20.3 Å². The zero-order valence-electron chi connectivity index (χ0n) is 9.67. The second kappa shape index (κ2) is 7.76. The van der Waals surface area contributed by atoms with E-state index in [0.717, 1.165) is 13.1 Å². The number of esters is 1. The van der Waals surface area contributed by atoms with Crippen molar-refractivity contribution in [1.29, 1.82) is 0 Å². The van der Waals surface area contributed by atoms with Gasteiger partial charge in [-0.1, -0.05) is 0 Å². The fraction of sp³-hybridized carbons (Fsp3) is 0.900. The second-order valence-corrected chi connectivity index (χ2v) is 3.65. The van der Waals surface area contributed by atoms with Crippen LogP contribution < -0.4 is 5.32 Å². The van der Waals surface area contributed by atoms with E-state index in [9.17, 15) is 4.79 Å². The Kier molecular flexibility index (Phi) is 7.42. The molecule has 0 saturated heterocycles. The first kappa shape index (κ1) is 13.4. The fourth-order valence-corrected chi connectivity index (χ4v) is 0.931. The van der Waals surface area contributed by atoms with Crippen LogP contribution in [0.5, 0.6) is 0 Å². The van der Waals surface area contributed by atoms with Gasteiger partial charge in [0.15, 0.2) is 0 Å². The van der Waals surface area contributed by atoms with Crippen molar-refractivity contribution in [3.05, 3.63) is 0 Å². The molecule has 4 nitrogen and oxygen atoms in total. The number of hydrogen-bond acceptors (Lipinski definition) is 4. The molecule has 0 rings (SSSR count). The fourth-order valence-electron chi connectivity index (χ4n) is 0.931. The zero-order valence-corrected chi connectivity index (χ0v) is 9.67. The highest BCUT2D eigenvalue weighted by molar-refractivity contribution is 5.69. The van der Waals surface area contributed by atoms with E-state index in [1.165, 1.54) is 7.11 Å². The third-order valence-corrected chi connectivity index (χ3v) is 2.26. The van der Waals surface area contributed by atoms with E-state index < -0.39 is 0 Å². The van der Waals surface area contributed by atoms with Crippen LogP contribution in [0.3, 0.4) is 0 Å². The smallest absolute Gasteiger partial charge is 0.306 e. The highest BCUT2D eigenvalue weighted by atomic mass is 16.5. The normalized spacial score (nSPS) is 11.0. The number of hydrogen-bond donors (Lipinski definition) is 1. The molecule has 0 radical (unpaired) electrons. The molecule has 0 aromatic rings. The predicted molar refractivity (Wildman–Crippen MR) is 57.3 cm³/mol. The van der Waals surface area contributed by atoms with E-state index >= 15 is 0 Å². The summed E-state index contributed by atoms with van der Waals surface area (Å²) in [4.78, 5) is 13.0. The molecule has 0 amide bonds. The molecule has 0 fully saturated rings. The van der Waals surface area contributed by atoms with Gasteiger partial charge in [-0.05, 0) is 20.9 Å². The molecule has 84 valence electrons. The first-order valence-corrected chi connectivity index (χ1v) is 5.05. The van der Waals surface area contributed by atoms with Crippen LogP contribution in [0, 0.1) is 0 Å². The van der Waals surface area contributed by atoms with E-state index in [-0.39, 0.29) is 5.97 Å². The average Bonchev–Trinajstić information content (AvgIpc) is 2.16. The summed E-state index contributed by atoms with van der Waals surface area (Å²) in [6, 6.07) is 0.567. The molecule has 0 bridgehead atoms. The number of rotatable bonds is 7. The lowest BCUT2D eigenvalue weighted by atomic mass is 10.3. The SMILES string of the molecule is COC(=O)CCNCCN(C)C(C)C. The van der Waals surface area contributed by atoms with Gasteiger partial charge in [-0.15, -0.1) is 0 Å². The first-order chi connectivity index (χ1) is 6.57. The van der Waals surface area contributed by atoms with E-state index in [0.29, 0.717) is 19.0 Å². The zero-order chi connectivity index (χ0) is 11.0. The minimum atomic E-state index is -0.158. The van der Waals surface area contributed by atoms with Crippen LogP contribution in [0.2, 0.25) is 0 Å². The van der Waals surface area contributed by atoms with Gasteiger partial charge in [0.2, 0.25) is 0 Å². The summed E-state index contributed by atoms with van der Waals surface area (Å²) in [5, 5.41) is 3.19. The van der Waals surface area contributed by atoms with Gasteiger partial charge in [0.1, 0.15) is 0 Å². The maximum absolute atomic E-state index is 10.7. The van der Waals surface area contributed by atoms with Crippen LogP contribution in [-0.4, -0.2) is 50.7 Å². The summed E-state index contributed by atoms with van der Waals surface area (Å²) in [6.07, 6.45) is 0.446. The van der Waals surface area contributed by atoms with Crippen molar-refractivity contribution in [2.75, 3.05) is 33.8 Å². The minimum absolute atomic E-state index is 0.158. The number of nitrogens with one attached hydrogen (secondary N) is 1. The summed E-state index contributed by atoms with van der Waals surface area (Å²) in [6.45, 7) is 6.92. The molecule has 0 spiro atoms. The maximum atomic E-state index is 10.7. The Bertz CT molecular complexity index is 160. The number of carbonyl (C=O) groups is 1. The Morgan fingerprint density at radius 2 is 2.07 bits per heavy atom. The van der Waals surface area contributed by atoms with Gasteiger partial charge in [0, 0.05) is 25.7 Å². The molecule has 0 aromatic heterocycles. The topological polar surface area (TPSA) is 41.6 Å². The molecule has 0 atom stereocenters. The molecule has 4 heteroatoms. The van der Waals surface area contributed by atoms with Gasteiger partial charge in [0.25, 0.3) is 0 Å². The molecule has 0 unspecified atom stereocenters. The van der Waals surface area contributed by atoms with Crippen LogP contribution in [-0.2, 0) is 9.53 Å². The van der Waals surface area contributed by atoms with E-state index in [2.05, 4.69) is 35.8 Å². The summed E-state index contributed by atoms with van der Waals surface area (Å²) in [5.41, 5.74) is 0. The Morgan fingerprint density at radius 3 is 2.57 bits per heavy atom. The maximum Gasteiger partial charge on any atom is 0.306 e. The van der Waals surface area contributed by atoms with E-state index in [1.54, 1.807) is 0 Å². The average molecular weight is 202 g/mol. The van der Waals surface area contributed by atoms with Crippen LogP contribution in [0.4, 0.5) is 0 Å². The van der Waals surface area contributed by atoms with Crippen LogP contribution >= 0.6 is 0 Å². The number of carbonyl (C=O) groups excluding carboxylic acids is 1. The molecular formula is C10H22N2O2. The lowest BCUT2D eigenvalue weighted by molar-refractivity contribution is -0.140. The highest BCUT2D eigenvalue weighted by Crippen LogP contribution is 1.90. The molecule has 0 aliphatic carbocycles. The molecule has 14 heavy (non-hydrogen) atoms. The molecule has 0 aromatic carbocycles. The molecule has 0 aliphatic heterocycles. The Hall–Kier alpha value is -0.610. The minimum Gasteiger partial charge on any atom is -0.469 e. The summed E-state index contributed by atoms with van der Waals surface area (Å²) in [7, 11) is 3.50. The lowest BCUT2D eigenvalue weighted by Crippen LogP contribution is -2.34. The number of ether oxygens (including phenoxy) is 1. The van der Waals surface area contributed by atoms with Gasteiger partial charge >= 0.3 is 5.97 Å². The van der Waals surface area contributed by atoms with E-state index in [4.69, 9.17) is 0 Å². The standard InChI is InChI=1S/C10H22N2O2/c1-9(2)12(3)8-7-11-6-5-10(13)14-4/h9,11H,5-8H2,1-4H3. The molecule has 1 N–H and O–H groups in total. The van der Waals surface area contributed by atoms with Crippen molar-refractivity contribution in [2.24, 2.45) is 0 Å². The van der Waals surface area contributed by atoms with Gasteiger partial charge in [-0.3, -0.25) is 4.79 Å². The lowest BCUT2D eigenvalue weighted by Gasteiger charge is -2.20. The Balaban J connectivity index is 3.25. The van der Waals surface area contributed by atoms with Gasteiger partial charge in [-0.25, -0.2) is 0 Å². The van der Waals surface area contributed by atoms with Crippen LogP contribution in [0.25, 0.3) is 0 Å². The van der Waals surface area contributed by atoms with Gasteiger partial charge < -0.3 is 15.0 Å². The predicted octanol–water partition coefficient (Wildman–Crippen LogP) is 0.479. The van der Waals surface area contributed by atoms with Crippen molar-refractivity contribution in [2.45, 2.75) is 26.3 Å².